The highest BCUT2D eigenvalue weighted by atomic mass is 16.5. The van der Waals surface area contributed by atoms with Gasteiger partial charge in [-0.1, -0.05) is 12.1 Å². The van der Waals surface area contributed by atoms with Crippen molar-refractivity contribution in [2.45, 2.75) is 19.8 Å². The van der Waals surface area contributed by atoms with E-state index >= 15 is 0 Å². The van der Waals surface area contributed by atoms with Gasteiger partial charge in [0.25, 0.3) is 0 Å². The SMILES string of the molecule is Cc1nc(N2CCN(CCc3ccc4c(c3)CCO4)CC2)cc(-n2cccn2)n1. The summed E-state index contributed by atoms with van der Waals surface area (Å²) in [5, 5.41) is 4.29. The average Bonchev–Trinajstić information content (AvgIpc) is 3.44. The van der Waals surface area contributed by atoms with Gasteiger partial charge in [-0.2, -0.15) is 5.10 Å². The molecule has 5 rings (SSSR count). The first-order valence-electron chi connectivity index (χ1n) is 10.3. The summed E-state index contributed by atoms with van der Waals surface area (Å²) in [7, 11) is 0. The molecule has 0 saturated carbocycles. The lowest BCUT2D eigenvalue weighted by Gasteiger charge is -2.35. The third-order valence-electron chi connectivity index (χ3n) is 5.72. The number of hydrogen-bond acceptors (Lipinski definition) is 6. The fraction of sp³-hybridized carbons (Fsp3) is 0.409. The number of rotatable bonds is 5. The van der Waals surface area contributed by atoms with E-state index in [1.165, 1.54) is 11.1 Å². The number of benzene rings is 1. The lowest BCUT2D eigenvalue weighted by Crippen LogP contribution is -2.47. The summed E-state index contributed by atoms with van der Waals surface area (Å²) in [5.41, 5.74) is 2.77. The van der Waals surface area contributed by atoms with E-state index in [4.69, 9.17) is 4.74 Å². The van der Waals surface area contributed by atoms with Crippen LogP contribution in [-0.2, 0) is 12.8 Å². The maximum absolute atomic E-state index is 5.61. The number of aryl methyl sites for hydroxylation is 1. The molecule has 29 heavy (non-hydrogen) atoms. The zero-order chi connectivity index (χ0) is 19.6. The Hall–Kier alpha value is -2.93. The van der Waals surface area contributed by atoms with E-state index in [2.05, 4.69) is 43.1 Å². The molecule has 7 nitrogen and oxygen atoms in total. The summed E-state index contributed by atoms with van der Waals surface area (Å²) in [6.45, 7) is 7.91. The smallest absolute Gasteiger partial charge is 0.159 e. The molecular weight excluding hydrogens is 364 g/mol. The Kier molecular flexibility index (Phi) is 4.89. The summed E-state index contributed by atoms with van der Waals surface area (Å²) in [5.74, 6) is 3.65. The van der Waals surface area contributed by atoms with Crippen LogP contribution in [0.1, 0.15) is 17.0 Å². The van der Waals surface area contributed by atoms with Gasteiger partial charge in [0, 0.05) is 57.6 Å². The molecule has 2 aromatic heterocycles. The summed E-state index contributed by atoms with van der Waals surface area (Å²) in [6, 6.07) is 10.6. The molecule has 150 valence electrons. The molecule has 0 bridgehead atoms. The molecule has 0 N–H and O–H groups in total. The molecule has 2 aliphatic rings. The van der Waals surface area contributed by atoms with E-state index in [0.717, 1.165) is 75.4 Å². The maximum Gasteiger partial charge on any atom is 0.159 e. The van der Waals surface area contributed by atoms with E-state index < -0.39 is 0 Å². The van der Waals surface area contributed by atoms with Gasteiger partial charge in [-0.3, -0.25) is 4.90 Å². The molecule has 0 spiro atoms. The van der Waals surface area contributed by atoms with Crippen molar-refractivity contribution in [3.05, 3.63) is 59.7 Å². The Morgan fingerprint density at radius 2 is 1.90 bits per heavy atom. The van der Waals surface area contributed by atoms with Crippen LogP contribution in [-0.4, -0.2) is 64.0 Å². The molecule has 0 amide bonds. The fourth-order valence-electron chi connectivity index (χ4n) is 4.10. The van der Waals surface area contributed by atoms with Gasteiger partial charge in [0.1, 0.15) is 17.4 Å². The van der Waals surface area contributed by atoms with Gasteiger partial charge in [0.15, 0.2) is 5.82 Å². The number of hydrogen-bond donors (Lipinski definition) is 0. The van der Waals surface area contributed by atoms with Crippen molar-refractivity contribution in [1.82, 2.24) is 24.6 Å². The molecule has 1 saturated heterocycles. The molecule has 0 atom stereocenters. The highest BCUT2D eigenvalue weighted by molar-refractivity contribution is 5.45. The van der Waals surface area contributed by atoms with Crippen molar-refractivity contribution < 1.29 is 4.74 Å². The Bertz CT molecular complexity index is 979. The van der Waals surface area contributed by atoms with Gasteiger partial charge >= 0.3 is 0 Å². The van der Waals surface area contributed by atoms with Gasteiger partial charge in [-0.25, -0.2) is 14.6 Å². The fourth-order valence-corrected chi connectivity index (χ4v) is 4.10. The number of piperazine rings is 1. The molecular formula is C22H26N6O. The topological polar surface area (TPSA) is 59.3 Å². The number of nitrogens with zero attached hydrogens (tertiary/aromatic N) is 6. The minimum Gasteiger partial charge on any atom is -0.493 e. The Labute approximate surface area is 170 Å². The highest BCUT2D eigenvalue weighted by Crippen LogP contribution is 2.26. The minimum atomic E-state index is 0.774. The summed E-state index contributed by atoms with van der Waals surface area (Å²) in [6.07, 6.45) is 5.81. The quantitative estimate of drug-likeness (QED) is 0.666. The van der Waals surface area contributed by atoms with Crippen molar-refractivity contribution in [2.75, 3.05) is 44.2 Å². The van der Waals surface area contributed by atoms with Crippen molar-refractivity contribution in [3.8, 4) is 11.6 Å². The molecule has 1 fully saturated rings. The van der Waals surface area contributed by atoms with Crippen LogP contribution in [0.4, 0.5) is 5.82 Å². The third-order valence-corrected chi connectivity index (χ3v) is 5.72. The molecule has 3 aromatic rings. The Morgan fingerprint density at radius 3 is 2.72 bits per heavy atom. The van der Waals surface area contributed by atoms with Crippen LogP contribution in [0.2, 0.25) is 0 Å². The molecule has 0 aliphatic carbocycles. The summed E-state index contributed by atoms with van der Waals surface area (Å²) >= 11 is 0. The van der Waals surface area contributed by atoms with E-state index in [0.29, 0.717) is 0 Å². The first kappa shape index (κ1) is 18.1. The number of anilines is 1. The number of aromatic nitrogens is 4. The first-order chi connectivity index (χ1) is 14.2. The molecule has 0 unspecified atom stereocenters. The van der Waals surface area contributed by atoms with E-state index in [1.807, 2.05) is 25.3 Å². The second-order valence-corrected chi connectivity index (χ2v) is 7.70. The number of ether oxygens (including phenoxy) is 1. The van der Waals surface area contributed by atoms with Crippen LogP contribution in [0.25, 0.3) is 5.82 Å². The van der Waals surface area contributed by atoms with Crippen LogP contribution in [0.5, 0.6) is 5.75 Å². The molecule has 2 aliphatic heterocycles. The second-order valence-electron chi connectivity index (χ2n) is 7.70. The maximum atomic E-state index is 5.61. The molecule has 1 aromatic carbocycles. The van der Waals surface area contributed by atoms with E-state index in [1.54, 1.807) is 10.9 Å². The van der Waals surface area contributed by atoms with Crippen molar-refractivity contribution in [2.24, 2.45) is 0 Å². The zero-order valence-corrected chi connectivity index (χ0v) is 16.8. The van der Waals surface area contributed by atoms with Gasteiger partial charge in [-0.15, -0.1) is 0 Å². The first-order valence-corrected chi connectivity index (χ1v) is 10.3. The summed E-state index contributed by atoms with van der Waals surface area (Å²) < 4.78 is 7.40. The van der Waals surface area contributed by atoms with Crippen molar-refractivity contribution in [3.63, 3.8) is 0 Å². The average molecular weight is 390 g/mol. The second kappa shape index (κ2) is 7.83. The van der Waals surface area contributed by atoms with E-state index in [-0.39, 0.29) is 0 Å². The lowest BCUT2D eigenvalue weighted by atomic mass is 10.1. The molecule has 0 radical (unpaired) electrons. The predicted octanol–water partition coefficient (Wildman–Crippen LogP) is 2.27. The van der Waals surface area contributed by atoms with Crippen molar-refractivity contribution >= 4 is 5.82 Å². The predicted molar refractivity (Wildman–Crippen MR) is 112 cm³/mol. The van der Waals surface area contributed by atoms with Crippen LogP contribution < -0.4 is 9.64 Å². The molecule has 4 heterocycles. The van der Waals surface area contributed by atoms with Gasteiger partial charge in [0.05, 0.1) is 6.61 Å². The van der Waals surface area contributed by atoms with E-state index in [9.17, 15) is 0 Å². The monoisotopic (exact) mass is 390 g/mol. The van der Waals surface area contributed by atoms with Crippen LogP contribution in [0.3, 0.4) is 0 Å². The Balaban J connectivity index is 1.19. The van der Waals surface area contributed by atoms with Gasteiger partial charge < -0.3 is 9.64 Å². The normalized spacial score (nSPS) is 16.7. The minimum absolute atomic E-state index is 0.774. The highest BCUT2D eigenvalue weighted by Gasteiger charge is 2.19. The molecule has 7 heteroatoms. The standard InChI is InChI=1S/C22H26N6O/c1-17-24-21(16-22(25-17)28-8-2-7-23-28)27-12-10-26(11-13-27)9-5-18-3-4-20-19(15-18)6-14-29-20/h2-4,7-8,15-16H,5-6,9-14H2,1H3. The van der Waals surface area contributed by atoms with Gasteiger partial charge in [-0.05, 0) is 36.6 Å². The number of fused-ring (bicyclic) bond motifs is 1. The third kappa shape index (κ3) is 3.96. The van der Waals surface area contributed by atoms with Crippen LogP contribution >= 0.6 is 0 Å². The van der Waals surface area contributed by atoms with Gasteiger partial charge in [0.2, 0.25) is 0 Å². The van der Waals surface area contributed by atoms with Crippen LogP contribution in [0, 0.1) is 6.92 Å². The zero-order valence-electron chi connectivity index (χ0n) is 16.8. The summed E-state index contributed by atoms with van der Waals surface area (Å²) in [4.78, 5) is 14.1. The lowest BCUT2D eigenvalue weighted by molar-refractivity contribution is 0.260. The largest absolute Gasteiger partial charge is 0.493 e. The Morgan fingerprint density at radius 1 is 1.03 bits per heavy atom. The van der Waals surface area contributed by atoms with Crippen LogP contribution in [0.15, 0.2) is 42.7 Å². The van der Waals surface area contributed by atoms with Crippen molar-refractivity contribution in [1.29, 1.82) is 0 Å².